The molecule has 0 radical (unpaired) electrons. The lowest BCUT2D eigenvalue weighted by atomic mass is 10.0. The van der Waals surface area contributed by atoms with Crippen LogP contribution in [-0.2, 0) is 9.84 Å². The van der Waals surface area contributed by atoms with Crippen molar-refractivity contribution in [3.8, 4) is 0 Å². The fraction of sp³-hybridized carbons (Fsp3) is 0.385. The summed E-state index contributed by atoms with van der Waals surface area (Å²) in [6.45, 7) is 0. The van der Waals surface area contributed by atoms with Gasteiger partial charge in [-0.1, -0.05) is 12.2 Å². The SMILES string of the molecule is CS(=O)(=O)c1ccc(NC2C=CCCC2)cc1. The van der Waals surface area contributed by atoms with Gasteiger partial charge in [-0.15, -0.1) is 0 Å². The van der Waals surface area contributed by atoms with Crippen LogP contribution < -0.4 is 5.32 Å². The molecule has 1 aromatic rings. The number of anilines is 1. The van der Waals surface area contributed by atoms with Crippen LogP contribution in [0, 0.1) is 0 Å². The molecule has 1 aliphatic carbocycles. The molecule has 1 aromatic carbocycles. The Labute approximate surface area is 102 Å². The molecule has 0 heterocycles. The van der Waals surface area contributed by atoms with E-state index in [4.69, 9.17) is 0 Å². The van der Waals surface area contributed by atoms with Gasteiger partial charge in [0.15, 0.2) is 9.84 Å². The Morgan fingerprint density at radius 3 is 2.47 bits per heavy atom. The first kappa shape index (κ1) is 12.2. The van der Waals surface area contributed by atoms with Crippen LogP contribution in [-0.4, -0.2) is 20.7 Å². The summed E-state index contributed by atoms with van der Waals surface area (Å²) < 4.78 is 22.6. The summed E-state index contributed by atoms with van der Waals surface area (Å²) in [5.74, 6) is 0. The predicted molar refractivity (Wildman–Crippen MR) is 70.0 cm³/mol. The van der Waals surface area contributed by atoms with Crippen molar-refractivity contribution in [3.63, 3.8) is 0 Å². The molecule has 1 unspecified atom stereocenters. The monoisotopic (exact) mass is 251 g/mol. The second-order valence-corrected chi connectivity index (χ2v) is 6.42. The van der Waals surface area contributed by atoms with Gasteiger partial charge in [-0.2, -0.15) is 0 Å². The molecule has 1 aliphatic rings. The van der Waals surface area contributed by atoms with Crippen molar-refractivity contribution in [1.29, 1.82) is 0 Å². The lowest BCUT2D eigenvalue weighted by molar-refractivity contribution is 0.602. The van der Waals surface area contributed by atoms with E-state index >= 15 is 0 Å². The minimum Gasteiger partial charge on any atom is -0.379 e. The van der Waals surface area contributed by atoms with E-state index in [-0.39, 0.29) is 0 Å². The zero-order valence-electron chi connectivity index (χ0n) is 9.89. The molecule has 0 fully saturated rings. The molecular formula is C13H17NO2S. The summed E-state index contributed by atoms with van der Waals surface area (Å²) in [5.41, 5.74) is 0.967. The molecule has 0 spiro atoms. The minimum absolute atomic E-state index is 0.363. The standard InChI is InChI=1S/C13H17NO2S/c1-17(15,16)13-9-7-12(8-10-13)14-11-5-3-2-4-6-11/h3,5,7-11,14H,2,4,6H2,1H3. The Morgan fingerprint density at radius 2 is 1.94 bits per heavy atom. The van der Waals surface area contributed by atoms with Crippen LogP contribution in [0.15, 0.2) is 41.3 Å². The number of nitrogens with one attached hydrogen (secondary N) is 1. The summed E-state index contributed by atoms with van der Waals surface area (Å²) in [5, 5.41) is 3.38. The Bertz CT molecular complexity index is 503. The predicted octanol–water partition coefficient (Wildman–Crippen LogP) is 2.61. The first-order valence-electron chi connectivity index (χ1n) is 5.79. The molecule has 4 heteroatoms. The average Bonchev–Trinajstić information content (AvgIpc) is 2.30. The smallest absolute Gasteiger partial charge is 0.175 e. The second kappa shape index (κ2) is 4.92. The Hall–Kier alpha value is -1.29. The minimum atomic E-state index is -3.09. The normalized spacial score (nSPS) is 20.2. The van der Waals surface area contributed by atoms with Crippen molar-refractivity contribution in [1.82, 2.24) is 0 Å². The zero-order chi connectivity index (χ0) is 12.3. The van der Waals surface area contributed by atoms with Gasteiger partial charge in [0.2, 0.25) is 0 Å². The van der Waals surface area contributed by atoms with Gasteiger partial charge in [0.1, 0.15) is 0 Å². The molecule has 0 amide bonds. The third-order valence-corrected chi connectivity index (χ3v) is 4.02. The summed E-state index contributed by atoms with van der Waals surface area (Å²) in [4.78, 5) is 0.363. The lowest BCUT2D eigenvalue weighted by Crippen LogP contribution is -2.18. The van der Waals surface area contributed by atoms with Crippen molar-refractivity contribution in [2.24, 2.45) is 0 Å². The van der Waals surface area contributed by atoms with Gasteiger partial charge >= 0.3 is 0 Å². The molecule has 2 rings (SSSR count). The number of benzene rings is 1. The number of sulfone groups is 1. The summed E-state index contributed by atoms with van der Waals surface area (Å²) >= 11 is 0. The van der Waals surface area contributed by atoms with Crippen LogP contribution in [0.5, 0.6) is 0 Å². The highest BCUT2D eigenvalue weighted by Gasteiger charge is 2.09. The van der Waals surface area contributed by atoms with E-state index in [1.807, 2.05) is 12.1 Å². The molecule has 1 atom stereocenters. The first-order chi connectivity index (χ1) is 8.05. The van der Waals surface area contributed by atoms with Gasteiger partial charge in [0, 0.05) is 18.0 Å². The third-order valence-electron chi connectivity index (χ3n) is 2.89. The fourth-order valence-corrected chi connectivity index (χ4v) is 2.58. The molecule has 1 N–H and O–H groups in total. The molecule has 0 bridgehead atoms. The van der Waals surface area contributed by atoms with Gasteiger partial charge in [-0.25, -0.2) is 8.42 Å². The first-order valence-corrected chi connectivity index (χ1v) is 7.68. The highest BCUT2D eigenvalue weighted by Crippen LogP contribution is 2.18. The number of hydrogen-bond donors (Lipinski definition) is 1. The molecule has 92 valence electrons. The maximum atomic E-state index is 11.3. The van der Waals surface area contributed by atoms with Gasteiger partial charge in [-0.05, 0) is 43.5 Å². The van der Waals surface area contributed by atoms with Gasteiger partial charge < -0.3 is 5.32 Å². The molecule has 0 aromatic heterocycles. The van der Waals surface area contributed by atoms with Crippen LogP contribution in [0.2, 0.25) is 0 Å². The highest BCUT2D eigenvalue weighted by molar-refractivity contribution is 7.90. The van der Waals surface area contributed by atoms with E-state index in [1.165, 1.54) is 12.7 Å². The maximum Gasteiger partial charge on any atom is 0.175 e. The second-order valence-electron chi connectivity index (χ2n) is 4.41. The molecule has 17 heavy (non-hydrogen) atoms. The van der Waals surface area contributed by atoms with Crippen LogP contribution >= 0.6 is 0 Å². The van der Waals surface area contributed by atoms with Crippen molar-refractivity contribution >= 4 is 15.5 Å². The lowest BCUT2D eigenvalue weighted by Gasteiger charge is -2.19. The van der Waals surface area contributed by atoms with Crippen molar-refractivity contribution in [2.75, 3.05) is 11.6 Å². The van der Waals surface area contributed by atoms with Crippen LogP contribution in [0.3, 0.4) is 0 Å². The van der Waals surface area contributed by atoms with E-state index < -0.39 is 9.84 Å². The quantitative estimate of drug-likeness (QED) is 0.840. The van der Waals surface area contributed by atoms with E-state index in [2.05, 4.69) is 17.5 Å². The zero-order valence-corrected chi connectivity index (χ0v) is 10.7. The molecule has 3 nitrogen and oxygen atoms in total. The fourth-order valence-electron chi connectivity index (χ4n) is 1.95. The van der Waals surface area contributed by atoms with Gasteiger partial charge in [-0.3, -0.25) is 0 Å². The van der Waals surface area contributed by atoms with Gasteiger partial charge in [0.05, 0.1) is 4.90 Å². The van der Waals surface area contributed by atoms with Crippen molar-refractivity contribution in [3.05, 3.63) is 36.4 Å². The van der Waals surface area contributed by atoms with E-state index in [0.29, 0.717) is 10.9 Å². The van der Waals surface area contributed by atoms with Gasteiger partial charge in [0.25, 0.3) is 0 Å². The summed E-state index contributed by atoms with van der Waals surface area (Å²) in [6, 6.07) is 7.29. The summed E-state index contributed by atoms with van der Waals surface area (Å²) in [6.07, 6.45) is 9.07. The average molecular weight is 251 g/mol. The largest absolute Gasteiger partial charge is 0.379 e. The third kappa shape index (κ3) is 3.33. The molecular weight excluding hydrogens is 234 g/mol. The molecule has 0 aliphatic heterocycles. The number of rotatable bonds is 3. The number of allylic oxidation sites excluding steroid dienone is 1. The Morgan fingerprint density at radius 1 is 1.24 bits per heavy atom. The van der Waals surface area contributed by atoms with E-state index in [0.717, 1.165) is 18.5 Å². The van der Waals surface area contributed by atoms with Crippen molar-refractivity contribution in [2.45, 2.75) is 30.2 Å². The molecule has 0 saturated carbocycles. The molecule has 0 saturated heterocycles. The van der Waals surface area contributed by atoms with E-state index in [9.17, 15) is 8.42 Å². The van der Waals surface area contributed by atoms with Crippen LogP contribution in [0.25, 0.3) is 0 Å². The van der Waals surface area contributed by atoms with Crippen molar-refractivity contribution < 1.29 is 8.42 Å². The summed E-state index contributed by atoms with van der Waals surface area (Å²) in [7, 11) is -3.09. The number of hydrogen-bond acceptors (Lipinski definition) is 3. The maximum absolute atomic E-state index is 11.3. The Kier molecular flexibility index (Phi) is 3.52. The van der Waals surface area contributed by atoms with Crippen LogP contribution in [0.4, 0.5) is 5.69 Å². The van der Waals surface area contributed by atoms with Crippen LogP contribution in [0.1, 0.15) is 19.3 Å². The Balaban J connectivity index is 2.08. The highest BCUT2D eigenvalue weighted by atomic mass is 32.2. The topological polar surface area (TPSA) is 46.2 Å². The van der Waals surface area contributed by atoms with E-state index in [1.54, 1.807) is 12.1 Å².